The third kappa shape index (κ3) is 3.73. The number of hydrogen-bond acceptors (Lipinski definition) is 2. The molecule has 1 amide bonds. The molecule has 3 nitrogen and oxygen atoms in total. The monoisotopic (exact) mass is 335 g/mol. The highest BCUT2D eigenvalue weighted by Crippen LogP contribution is 2.33. The number of amides is 1. The van der Waals surface area contributed by atoms with Crippen LogP contribution in [0.25, 0.3) is 0 Å². The number of aliphatic hydroxyl groups excluding tert-OH is 1. The van der Waals surface area contributed by atoms with Crippen LogP contribution in [0.3, 0.4) is 0 Å². The molecule has 0 unspecified atom stereocenters. The van der Waals surface area contributed by atoms with Gasteiger partial charge >= 0.3 is 6.18 Å². The molecule has 0 aromatic heterocycles. The Morgan fingerprint density at radius 2 is 2.09 bits per heavy atom. The van der Waals surface area contributed by atoms with Gasteiger partial charge in [-0.1, -0.05) is 18.5 Å². The van der Waals surface area contributed by atoms with Crippen molar-refractivity contribution in [1.29, 1.82) is 0 Å². The summed E-state index contributed by atoms with van der Waals surface area (Å²) >= 11 is 5.85. The molecule has 1 saturated carbocycles. The lowest BCUT2D eigenvalue weighted by atomic mass is 9.76. The molecule has 22 heavy (non-hydrogen) atoms. The second kappa shape index (κ2) is 6.46. The third-order valence-electron chi connectivity index (χ3n) is 4.01. The van der Waals surface area contributed by atoms with Gasteiger partial charge in [-0.2, -0.15) is 13.2 Å². The molecule has 7 heteroatoms. The molecule has 1 aromatic carbocycles. The maximum atomic E-state index is 12.7. The van der Waals surface area contributed by atoms with Crippen molar-refractivity contribution >= 4 is 17.5 Å². The first kappa shape index (κ1) is 17.1. The molecule has 1 fully saturated rings. The molecule has 1 aliphatic rings. The molecule has 122 valence electrons. The van der Waals surface area contributed by atoms with Crippen molar-refractivity contribution in [3.05, 3.63) is 34.3 Å². The first-order valence-electron chi connectivity index (χ1n) is 7.08. The van der Waals surface area contributed by atoms with E-state index in [2.05, 4.69) is 5.32 Å². The van der Waals surface area contributed by atoms with Gasteiger partial charge < -0.3 is 10.4 Å². The second-order valence-electron chi connectivity index (χ2n) is 5.57. The van der Waals surface area contributed by atoms with Crippen LogP contribution in [0.4, 0.5) is 13.2 Å². The molecular weight excluding hydrogens is 319 g/mol. The van der Waals surface area contributed by atoms with E-state index in [0.29, 0.717) is 19.3 Å². The normalized spacial score (nSPS) is 22.8. The van der Waals surface area contributed by atoms with Crippen LogP contribution < -0.4 is 5.32 Å². The lowest BCUT2D eigenvalue weighted by Crippen LogP contribution is -2.46. The maximum absolute atomic E-state index is 12.7. The summed E-state index contributed by atoms with van der Waals surface area (Å²) in [5, 5.41) is 12.0. The van der Waals surface area contributed by atoms with Gasteiger partial charge in [0.1, 0.15) is 0 Å². The summed E-state index contributed by atoms with van der Waals surface area (Å²) in [5.41, 5.74) is -1.09. The molecule has 1 atom stereocenters. The first-order valence-corrected chi connectivity index (χ1v) is 7.45. The quantitative estimate of drug-likeness (QED) is 0.882. The highest BCUT2D eigenvalue weighted by Gasteiger charge is 2.35. The summed E-state index contributed by atoms with van der Waals surface area (Å²) < 4.78 is 38.2. The fourth-order valence-corrected chi connectivity index (χ4v) is 2.84. The van der Waals surface area contributed by atoms with E-state index >= 15 is 0 Å². The number of alkyl halides is 3. The van der Waals surface area contributed by atoms with Gasteiger partial charge in [0.25, 0.3) is 5.91 Å². The summed E-state index contributed by atoms with van der Waals surface area (Å²) in [4.78, 5) is 12.2. The Hall–Kier alpha value is -1.27. The van der Waals surface area contributed by atoms with Crippen LogP contribution in [-0.2, 0) is 6.18 Å². The average Bonchev–Trinajstić information content (AvgIpc) is 2.40. The molecule has 0 radical (unpaired) electrons. The van der Waals surface area contributed by atoms with E-state index in [1.54, 1.807) is 0 Å². The summed E-state index contributed by atoms with van der Waals surface area (Å²) in [5.74, 6) is -0.474. The second-order valence-corrected chi connectivity index (χ2v) is 5.97. The molecule has 2 N–H and O–H groups in total. The highest BCUT2D eigenvalue weighted by atomic mass is 35.5. The topological polar surface area (TPSA) is 49.3 Å². The molecule has 0 spiro atoms. The highest BCUT2D eigenvalue weighted by molar-refractivity contribution is 6.33. The summed E-state index contributed by atoms with van der Waals surface area (Å²) in [6.45, 7) is 1.88. The molecule has 0 heterocycles. The number of benzene rings is 1. The average molecular weight is 336 g/mol. The Morgan fingerprint density at radius 1 is 1.45 bits per heavy atom. The van der Waals surface area contributed by atoms with Crippen LogP contribution in [0, 0.1) is 5.92 Å². The van der Waals surface area contributed by atoms with Gasteiger partial charge in [-0.3, -0.25) is 4.79 Å². The fourth-order valence-electron chi connectivity index (χ4n) is 2.63. The van der Waals surface area contributed by atoms with E-state index in [1.165, 1.54) is 0 Å². The molecule has 2 rings (SSSR count). The molecule has 0 bridgehead atoms. The van der Waals surface area contributed by atoms with Crippen LogP contribution in [0.5, 0.6) is 0 Å². The van der Waals surface area contributed by atoms with E-state index in [1.807, 2.05) is 6.92 Å². The van der Waals surface area contributed by atoms with Crippen LogP contribution >= 0.6 is 11.6 Å². The van der Waals surface area contributed by atoms with Crippen molar-refractivity contribution in [1.82, 2.24) is 5.32 Å². The van der Waals surface area contributed by atoms with Gasteiger partial charge in [0.2, 0.25) is 0 Å². The van der Waals surface area contributed by atoms with Gasteiger partial charge in [-0.25, -0.2) is 0 Å². The largest absolute Gasteiger partial charge is 0.416 e. The zero-order chi connectivity index (χ0) is 16.5. The number of carbonyl (C=O) groups excluding carboxylic acids is 1. The minimum absolute atomic E-state index is 0.0194. The molecule has 0 saturated heterocycles. The fraction of sp³-hybridized carbons (Fsp3) is 0.533. The first-order chi connectivity index (χ1) is 10.2. The maximum Gasteiger partial charge on any atom is 0.416 e. The van der Waals surface area contributed by atoms with Gasteiger partial charge in [0, 0.05) is 6.04 Å². The van der Waals surface area contributed by atoms with Crippen LogP contribution in [-0.4, -0.2) is 23.2 Å². The SMILES string of the molecule is CC[C@@H](NC(=O)c1cc(C(F)(F)F)ccc1Cl)C1CC(O)C1. The third-order valence-corrected chi connectivity index (χ3v) is 4.34. The number of halogens is 4. The van der Waals surface area contributed by atoms with E-state index < -0.39 is 17.6 Å². The molecular formula is C15H17ClF3NO2. The van der Waals surface area contributed by atoms with Gasteiger partial charge in [0.05, 0.1) is 22.3 Å². The summed E-state index contributed by atoms with van der Waals surface area (Å²) in [6.07, 6.45) is -3.06. The Labute approximate surface area is 131 Å². The van der Waals surface area contributed by atoms with Crippen molar-refractivity contribution in [2.75, 3.05) is 0 Å². The Balaban J connectivity index is 2.14. The van der Waals surface area contributed by atoms with Crippen molar-refractivity contribution in [2.45, 2.75) is 44.5 Å². The van der Waals surface area contributed by atoms with Crippen LogP contribution in [0.15, 0.2) is 18.2 Å². The molecule has 1 aliphatic carbocycles. The minimum atomic E-state index is -4.53. The van der Waals surface area contributed by atoms with Crippen molar-refractivity contribution in [2.24, 2.45) is 5.92 Å². The number of rotatable bonds is 4. The van der Waals surface area contributed by atoms with Crippen molar-refractivity contribution in [3.63, 3.8) is 0 Å². The van der Waals surface area contributed by atoms with Gasteiger partial charge in [-0.15, -0.1) is 0 Å². The van der Waals surface area contributed by atoms with Crippen LogP contribution in [0.1, 0.15) is 42.1 Å². The van der Waals surface area contributed by atoms with E-state index in [9.17, 15) is 23.1 Å². The van der Waals surface area contributed by atoms with E-state index in [4.69, 9.17) is 11.6 Å². The zero-order valence-electron chi connectivity index (χ0n) is 12.0. The number of aliphatic hydroxyl groups is 1. The predicted octanol–water partition coefficient (Wildman–Crippen LogP) is 3.64. The Kier molecular flexibility index (Phi) is 5.02. The van der Waals surface area contributed by atoms with Gasteiger partial charge in [0.15, 0.2) is 0 Å². The smallest absolute Gasteiger partial charge is 0.393 e. The number of hydrogen-bond donors (Lipinski definition) is 2. The number of nitrogens with one attached hydrogen (secondary N) is 1. The standard InChI is InChI=1S/C15H17ClF3NO2/c1-2-13(8-5-10(21)6-8)20-14(22)11-7-9(15(17,18)19)3-4-12(11)16/h3-4,7-8,10,13,21H,2,5-6H2,1H3,(H,20,22)/t8?,10?,13-/m1/s1. The Morgan fingerprint density at radius 3 is 2.59 bits per heavy atom. The lowest BCUT2D eigenvalue weighted by Gasteiger charge is -2.37. The number of carbonyl (C=O) groups is 1. The zero-order valence-corrected chi connectivity index (χ0v) is 12.7. The van der Waals surface area contributed by atoms with E-state index in [-0.39, 0.29) is 28.6 Å². The summed E-state index contributed by atoms with van der Waals surface area (Å²) in [6, 6.07) is 2.51. The molecule has 0 aliphatic heterocycles. The van der Waals surface area contributed by atoms with Crippen molar-refractivity contribution in [3.8, 4) is 0 Å². The predicted molar refractivity (Wildman–Crippen MR) is 76.7 cm³/mol. The lowest BCUT2D eigenvalue weighted by molar-refractivity contribution is -0.137. The van der Waals surface area contributed by atoms with Gasteiger partial charge in [-0.05, 0) is 43.4 Å². The van der Waals surface area contributed by atoms with Crippen molar-refractivity contribution < 1.29 is 23.1 Å². The Bertz CT molecular complexity index is 556. The van der Waals surface area contributed by atoms with E-state index in [0.717, 1.165) is 18.2 Å². The molecule has 1 aromatic rings. The summed E-state index contributed by atoms with van der Waals surface area (Å²) in [7, 11) is 0. The minimum Gasteiger partial charge on any atom is -0.393 e. The van der Waals surface area contributed by atoms with Crippen LogP contribution in [0.2, 0.25) is 5.02 Å².